The fourth-order valence-corrected chi connectivity index (χ4v) is 1.42. The molecule has 1 heterocycles. The van der Waals surface area contributed by atoms with E-state index in [0.29, 0.717) is 13.1 Å². The first kappa shape index (κ1) is 10.6. The Morgan fingerprint density at radius 1 is 1.25 bits per heavy atom. The normalized spacial score (nSPS) is 10.1. The Balaban J connectivity index is 1.99. The second kappa shape index (κ2) is 5.23. The highest BCUT2D eigenvalue weighted by molar-refractivity contribution is 5.45. The van der Waals surface area contributed by atoms with Crippen LogP contribution in [-0.2, 0) is 13.1 Å². The van der Waals surface area contributed by atoms with E-state index in [4.69, 9.17) is 5.73 Å². The summed E-state index contributed by atoms with van der Waals surface area (Å²) in [5.41, 5.74) is 8.66. The summed E-state index contributed by atoms with van der Waals surface area (Å²) < 4.78 is 0. The van der Waals surface area contributed by atoms with Crippen LogP contribution in [0.1, 0.15) is 11.3 Å². The summed E-state index contributed by atoms with van der Waals surface area (Å²) in [6.45, 7) is 1.22. The predicted octanol–water partition coefficient (Wildman–Crippen LogP) is 1.55. The van der Waals surface area contributed by atoms with Crippen molar-refractivity contribution in [2.45, 2.75) is 13.1 Å². The van der Waals surface area contributed by atoms with Crippen molar-refractivity contribution in [2.75, 3.05) is 5.32 Å². The summed E-state index contributed by atoms with van der Waals surface area (Å²) in [5.74, 6) is 0. The van der Waals surface area contributed by atoms with Crippen molar-refractivity contribution in [3.05, 3.63) is 54.1 Å². The van der Waals surface area contributed by atoms with Gasteiger partial charge in [0, 0.05) is 24.6 Å². The highest BCUT2D eigenvalue weighted by atomic mass is 14.9. The first-order valence-electron chi connectivity index (χ1n) is 5.16. The number of rotatable bonds is 4. The van der Waals surface area contributed by atoms with Gasteiger partial charge < -0.3 is 11.1 Å². The molecule has 0 atom stereocenters. The second-order valence-corrected chi connectivity index (χ2v) is 3.45. The third kappa shape index (κ3) is 2.77. The zero-order chi connectivity index (χ0) is 11.2. The minimum Gasteiger partial charge on any atom is -0.379 e. The van der Waals surface area contributed by atoms with Gasteiger partial charge in [0.2, 0.25) is 0 Å². The fraction of sp³-hybridized carbons (Fsp3) is 0.167. The van der Waals surface area contributed by atoms with Gasteiger partial charge in [-0.2, -0.15) is 0 Å². The summed E-state index contributed by atoms with van der Waals surface area (Å²) in [7, 11) is 0. The third-order valence-corrected chi connectivity index (χ3v) is 2.25. The zero-order valence-electron chi connectivity index (χ0n) is 8.93. The second-order valence-electron chi connectivity index (χ2n) is 3.45. The van der Waals surface area contributed by atoms with E-state index in [2.05, 4.69) is 15.3 Å². The number of nitrogens with two attached hydrogens (primary N) is 1. The van der Waals surface area contributed by atoms with Crippen molar-refractivity contribution in [3.63, 3.8) is 0 Å². The standard InChI is InChI=1S/C12H14N4/c13-7-10-2-1-3-11(6-10)16-9-12-8-14-4-5-15-12/h1-6,8,16H,7,9,13H2. The molecule has 4 nitrogen and oxygen atoms in total. The van der Waals surface area contributed by atoms with E-state index in [-0.39, 0.29) is 0 Å². The van der Waals surface area contributed by atoms with E-state index in [1.165, 1.54) is 0 Å². The summed E-state index contributed by atoms with van der Waals surface area (Å²) in [6.07, 6.45) is 5.10. The molecule has 3 N–H and O–H groups in total. The Bertz CT molecular complexity index is 442. The molecule has 0 unspecified atom stereocenters. The molecule has 0 bridgehead atoms. The molecule has 16 heavy (non-hydrogen) atoms. The molecule has 1 aromatic carbocycles. The van der Waals surface area contributed by atoms with E-state index in [1.807, 2.05) is 24.3 Å². The predicted molar refractivity (Wildman–Crippen MR) is 63.7 cm³/mol. The van der Waals surface area contributed by atoms with Crippen LogP contribution < -0.4 is 11.1 Å². The van der Waals surface area contributed by atoms with Gasteiger partial charge >= 0.3 is 0 Å². The smallest absolute Gasteiger partial charge is 0.0777 e. The monoisotopic (exact) mass is 214 g/mol. The molecule has 4 heteroatoms. The Hall–Kier alpha value is -1.94. The van der Waals surface area contributed by atoms with Crippen molar-refractivity contribution in [1.82, 2.24) is 9.97 Å². The van der Waals surface area contributed by atoms with Crippen molar-refractivity contribution in [1.29, 1.82) is 0 Å². The van der Waals surface area contributed by atoms with Gasteiger partial charge in [0.15, 0.2) is 0 Å². The van der Waals surface area contributed by atoms with E-state index in [9.17, 15) is 0 Å². The molecule has 2 aromatic rings. The van der Waals surface area contributed by atoms with Gasteiger partial charge in [-0.05, 0) is 17.7 Å². The van der Waals surface area contributed by atoms with Gasteiger partial charge in [-0.1, -0.05) is 12.1 Å². The summed E-state index contributed by atoms with van der Waals surface area (Å²) >= 11 is 0. The number of hydrogen-bond acceptors (Lipinski definition) is 4. The van der Waals surface area contributed by atoms with Crippen LogP contribution in [0.15, 0.2) is 42.9 Å². The first-order valence-corrected chi connectivity index (χ1v) is 5.16. The third-order valence-electron chi connectivity index (χ3n) is 2.25. The average molecular weight is 214 g/mol. The number of nitrogens with zero attached hydrogens (tertiary/aromatic N) is 2. The quantitative estimate of drug-likeness (QED) is 0.810. The van der Waals surface area contributed by atoms with Crippen LogP contribution in [0.3, 0.4) is 0 Å². The number of aromatic nitrogens is 2. The molecule has 0 saturated heterocycles. The molecule has 2 rings (SSSR count). The van der Waals surface area contributed by atoms with E-state index in [0.717, 1.165) is 16.9 Å². The summed E-state index contributed by atoms with van der Waals surface area (Å²) in [6, 6.07) is 8.04. The molecule has 0 fully saturated rings. The van der Waals surface area contributed by atoms with Crippen molar-refractivity contribution >= 4 is 5.69 Å². The molecule has 0 aliphatic heterocycles. The molecular formula is C12H14N4. The SMILES string of the molecule is NCc1cccc(NCc2cnccn2)c1. The summed E-state index contributed by atoms with van der Waals surface area (Å²) in [4.78, 5) is 8.19. The number of benzene rings is 1. The molecule has 0 amide bonds. The van der Waals surface area contributed by atoms with Gasteiger partial charge in [0.1, 0.15) is 0 Å². The van der Waals surface area contributed by atoms with Crippen LogP contribution in [-0.4, -0.2) is 9.97 Å². The molecule has 82 valence electrons. The molecule has 0 aliphatic rings. The minimum absolute atomic E-state index is 0.556. The van der Waals surface area contributed by atoms with Crippen LogP contribution in [0.2, 0.25) is 0 Å². The van der Waals surface area contributed by atoms with Gasteiger partial charge in [0.25, 0.3) is 0 Å². The summed E-state index contributed by atoms with van der Waals surface area (Å²) in [5, 5.41) is 3.28. The minimum atomic E-state index is 0.556. The lowest BCUT2D eigenvalue weighted by Gasteiger charge is -2.06. The van der Waals surface area contributed by atoms with E-state index >= 15 is 0 Å². The Morgan fingerprint density at radius 3 is 2.94 bits per heavy atom. The van der Waals surface area contributed by atoms with Crippen molar-refractivity contribution < 1.29 is 0 Å². The lowest BCUT2D eigenvalue weighted by Crippen LogP contribution is -2.03. The number of hydrogen-bond donors (Lipinski definition) is 2. The van der Waals surface area contributed by atoms with Crippen LogP contribution in [0.25, 0.3) is 0 Å². The van der Waals surface area contributed by atoms with E-state index in [1.54, 1.807) is 18.6 Å². The highest BCUT2D eigenvalue weighted by Gasteiger charge is 1.96. The van der Waals surface area contributed by atoms with Gasteiger partial charge in [-0.25, -0.2) is 0 Å². The molecular weight excluding hydrogens is 200 g/mol. The topological polar surface area (TPSA) is 63.8 Å². The maximum Gasteiger partial charge on any atom is 0.0777 e. The maximum absolute atomic E-state index is 5.58. The maximum atomic E-state index is 5.58. The van der Waals surface area contributed by atoms with Crippen LogP contribution in [0.5, 0.6) is 0 Å². The van der Waals surface area contributed by atoms with Gasteiger partial charge in [0.05, 0.1) is 18.4 Å². The molecule has 0 spiro atoms. The van der Waals surface area contributed by atoms with Gasteiger partial charge in [-0.3, -0.25) is 9.97 Å². The molecule has 0 aliphatic carbocycles. The molecule has 1 aromatic heterocycles. The molecule has 0 radical (unpaired) electrons. The van der Waals surface area contributed by atoms with Gasteiger partial charge in [-0.15, -0.1) is 0 Å². The largest absolute Gasteiger partial charge is 0.379 e. The average Bonchev–Trinajstić information content (AvgIpc) is 2.38. The van der Waals surface area contributed by atoms with Crippen LogP contribution in [0, 0.1) is 0 Å². The molecule has 0 saturated carbocycles. The van der Waals surface area contributed by atoms with Crippen molar-refractivity contribution in [2.24, 2.45) is 5.73 Å². The number of anilines is 1. The van der Waals surface area contributed by atoms with E-state index < -0.39 is 0 Å². The van der Waals surface area contributed by atoms with Crippen molar-refractivity contribution in [3.8, 4) is 0 Å². The Labute approximate surface area is 94.5 Å². The zero-order valence-corrected chi connectivity index (χ0v) is 8.93. The Morgan fingerprint density at radius 2 is 2.19 bits per heavy atom. The highest BCUT2D eigenvalue weighted by Crippen LogP contribution is 2.10. The number of nitrogens with one attached hydrogen (secondary N) is 1. The fourth-order valence-electron chi connectivity index (χ4n) is 1.42. The lowest BCUT2D eigenvalue weighted by molar-refractivity contribution is 1.00. The first-order chi connectivity index (χ1) is 7.88. The van der Waals surface area contributed by atoms with Crippen LogP contribution in [0.4, 0.5) is 5.69 Å². The Kier molecular flexibility index (Phi) is 3.46. The van der Waals surface area contributed by atoms with Crippen LogP contribution >= 0.6 is 0 Å². The lowest BCUT2D eigenvalue weighted by atomic mass is 10.2.